The van der Waals surface area contributed by atoms with Gasteiger partial charge >= 0.3 is 5.97 Å². The van der Waals surface area contributed by atoms with Crippen LogP contribution in [0.5, 0.6) is 0 Å². The van der Waals surface area contributed by atoms with Crippen molar-refractivity contribution < 1.29 is 27.2 Å². The fraction of sp³-hybridized carbons (Fsp3) is 0.0909. The molecule has 2 rings (SSSR count). The number of sulfone groups is 1. The number of carboxylic acids is 1. The van der Waals surface area contributed by atoms with Gasteiger partial charge in [-0.25, -0.2) is 17.6 Å². The minimum Gasteiger partial charge on any atom is -0.475 e. The molecule has 1 N–H and O–H groups in total. The Kier molecular flexibility index (Phi) is 3.11. The van der Waals surface area contributed by atoms with Crippen molar-refractivity contribution in [2.24, 2.45) is 0 Å². The monoisotopic (exact) mass is 285 g/mol. The van der Waals surface area contributed by atoms with E-state index in [0.29, 0.717) is 0 Å². The molecule has 100 valence electrons. The van der Waals surface area contributed by atoms with Crippen molar-refractivity contribution >= 4 is 15.8 Å². The van der Waals surface area contributed by atoms with Crippen LogP contribution in [-0.2, 0) is 9.84 Å². The van der Waals surface area contributed by atoms with E-state index in [1.807, 2.05) is 0 Å². The van der Waals surface area contributed by atoms with E-state index in [2.05, 4.69) is 9.68 Å². The highest BCUT2D eigenvalue weighted by Crippen LogP contribution is 2.23. The Hall–Kier alpha value is -2.22. The first-order chi connectivity index (χ1) is 8.79. The number of hydrogen-bond donors (Lipinski definition) is 1. The number of nitrogens with zero attached hydrogens (tertiary/aromatic N) is 1. The van der Waals surface area contributed by atoms with Crippen LogP contribution in [0.15, 0.2) is 33.7 Å². The van der Waals surface area contributed by atoms with E-state index in [4.69, 9.17) is 5.11 Å². The largest absolute Gasteiger partial charge is 0.475 e. The molecule has 0 fully saturated rings. The quantitative estimate of drug-likeness (QED) is 0.919. The van der Waals surface area contributed by atoms with Crippen LogP contribution in [0, 0.1) is 5.82 Å². The molecule has 1 aromatic heterocycles. The topological polar surface area (TPSA) is 97.5 Å². The summed E-state index contributed by atoms with van der Waals surface area (Å²) in [6, 6.07) is 4.50. The van der Waals surface area contributed by atoms with Crippen LogP contribution >= 0.6 is 0 Å². The van der Waals surface area contributed by atoms with Gasteiger partial charge in [0, 0.05) is 17.9 Å². The third-order valence-electron chi connectivity index (χ3n) is 2.35. The third-order valence-corrected chi connectivity index (χ3v) is 3.48. The summed E-state index contributed by atoms with van der Waals surface area (Å²) in [7, 11) is -3.65. The maximum absolute atomic E-state index is 13.6. The van der Waals surface area contributed by atoms with Crippen LogP contribution in [0.25, 0.3) is 11.3 Å². The van der Waals surface area contributed by atoms with Crippen molar-refractivity contribution in [3.05, 3.63) is 35.8 Å². The zero-order valence-electron chi connectivity index (χ0n) is 9.62. The summed E-state index contributed by atoms with van der Waals surface area (Å²) in [5.41, 5.74) is 0.331. The van der Waals surface area contributed by atoms with E-state index in [1.165, 1.54) is 6.07 Å². The SMILES string of the molecule is CS(=O)(=O)c1ccc(-c2cc(C(=O)O)on2)cc1F. The van der Waals surface area contributed by atoms with Gasteiger partial charge in [-0.15, -0.1) is 0 Å². The summed E-state index contributed by atoms with van der Waals surface area (Å²) in [6.45, 7) is 0. The Bertz CT molecular complexity index is 750. The van der Waals surface area contributed by atoms with E-state index in [9.17, 15) is 17.6 Å². The second-order valence-corrected chi connectivity index (χ2v) is 5.78. The Balaban J connectivity index is 2.47. The highest BCUT2D eigenvalue weighted by Gasteiger charge is 2.17. The highest BCUT2D eigenvalue weighted by atomic mass is 32.2. The Morgan fingerprint density at radius 1 is 1.37 bits per heavy atom. The first-order valence-corrected chi connectivity index (χ1v) is 6.88. The predicted molar refractivity (Wildman–Crippen MR) is 62.0 cm³/mol. The second-order valence-electron chi connectivity index (χ2n) is 3.80. The molecule has 0 saturated heterocycles. The van der Waals surface area contributed by atoms with Gasteiger partial charge in [0.2, 0.25) is 5.76 Å². The Labute approximate surface area is 107 Å². The van der Waals surface area contributed by atoms with Crippen molar-refractivity contribution in [1.29, 1.82) is 0 Å². The highest BCUT2D eigenvalue weighted by molar-refractivity contribution is 7.90. The molecular formula is C11H8FNO5S. The number of halogens is 1. The van der Waals surface area contributed by atoms with Gasteiger partial charge < -0.3 is 9.63 Å². The summed E-state index contributed by atoms with van der Waals surface area (Å²) >= 11 is 0. The summed E-state index contributed by atoms with van der Waals surface area (Å²) in [4.78, 5) is 10.2. The van der Waals surface area contributed by atoms with Crippen LogP contribution in [0.1, 0.15) is 10.6 Å². The molecule has 0 spiro atoms. The standard InChI is InChI=1S/C11H8FNO5S/c1-19(16,17)10-3-2-6(4-7(10)12)8-5-9(11(14)15)18-13-8/h2-5H,1H3,(H,14,15). The zero-order valence-corrected chi connectivity index (χ0v) is 10.4. The van der Waals surface area contributed by atoms with Gasteiger partial charge in [-0.05, 0) is 12.1 Å². The minimum absolute atomic E-state index is 0.108. The molecule has 8 heteroatoms. The summed E-state index contributed by atoms with van der Waals surface area (Å²) in [6.07, 6.45) is 0.893. The van der Waals surface area contributed by atoms with Gasteiger partial charge in [0.1, 0.15) is 16.4 Å². The van der Waals surface area contributed by atoms with Crippen LogP contribution < -0.4 is 0 Å². The fourth-order valence-electron chi connectivity index (χ4n) is 1.47. The molecule has 1 heterocycles. The first-order valence-electron chi connectivity index (χ1n) is 4.99. The van der Waals surface area contributed by atoms with Gasteiger partial charge in [0.15, 0.2) is 9.84 Å². The second kappa shape index (κ2) is 4.47. The van der Waals surface area contributed by atoms with Crippen molar-refractivity contribution in [2.45, 2.75) is 4.90 Å². The van der Waals surface area contributed by atoms with E-state index >= 15 is 0 Å². The van der Waals surface area contributed by atoms with Crippen LogP contribution in [0.2, 0.25) is 0 Å². The molecule has 0 aliphatic carbocycles. The van der Waals surface area contributed by atoms with E-state index in [-0.39, 0.29) is 17.0 Å². The van der Waals surface area contributed by atoms with Crippen LogP contribution in [-0.4, -0.2) is 30.9 Å². The lowest BCUT2D eigenvalue weighted by Crippen LogP contribution is -2.00. The predicted octanol–water partition coefficient (Wildman–Crippen LogP) is 1.58. The third kappa shape index (κ3) is 2.63. The molecule has 0 atom stereocenters. The van der Waals surface area contributed by atoms with Crippen molar-refractivity contribution in [1.82, 2.24) is 5.16 Å². The summed E-state index contributed by atoms with van der Waals surface area (Å²) < 4.78 is 40.7. The van der Waals surface area contributed by atoms with E-state index in [1.54, 1.807) is 0 Å². The lowest BCUT2D eigenvalue weighted by atomic mass is 10.1. The number of hydrogen-bond acceptors (Lipinski definition) is 5. The number of carboxylic acid groups (broad SMARTS) is 1. The maximum Gasteiger partial charge on any atom is 0.374 e. The number of carbonyl (C=O) groups is 1. The summed E-state index contributed by atoms with van der Waals surface area (Å²) in [5.74, 6) is -2.62. The number of aromatic nitrogens is 1. The van der Waals surface area contributed by atoms with Crippen molar-refractivity contribution in [2.75, 3.05) is 6.26 Å². The van der Waals surface area contributed by atoms with E-state index in [0.717, 1.165) is 24.5 Å². The van der Waals surface area contributed by atoms with Gasteiger partial charge in [-0.2, -0.15) is 0 Å². The molecule has 2 aromatic rings. The average molecular weight is 285 g/mol. The number of rotatable bonds is 3. The first kappa shape index (κ1) is 13.2. The Morgan fingerprint density at radius 3 is 2.53 bits per heavy atom. The van der Waals surface area contributed by atoms with Gasteiger partial charge in [0.05, 0.1) is 0 Å². The molecule has 0 radical (unpaired) electrons. The normalized spacial score (nSPS) is 11.5. The Morgan fingerprint density at radius 2 is 2.05 bits per heavy atom. The molecule has 0 bridgehead atoms. The molecule has 0 aliphatic rings. The molecule has 0 saturated carbocycles. The molecule has 0 aliphatic heterocycles. The van der Waals surface area contributed by atoms with E-state index < -0.39 is 26.5 Å². The maximum atomic E-state index is 13.6. The lowest BCUT2D eigenvalue weighted by Gasteiger charge is -2.02. The zero-order chi connectivity index (χ0) is 14.2. The molecule has 1 aromatic carbocycles. The average Bonchev–Trinajstić information content (AvgIpc) is 2.76. The van der Waals surface area contributed by atoms with Crippen LogP contribution in [0.4, 0.5) is 4.39 Å². The fourth-order valence-corrected chi connectivity index (χ4v) is 2.20. The molecule has 19 heavy (non-hydrogen) atoms. The molecule has 0 unspecified atom stereocenters. The number of aromatic carboxylic acids is 1. The van der Waals surface area contributed by atoms with Crippen LogP contribution in [0.3, 0.4) is 0 Å². The molecule has 0 amide bonds. The van der Waals surface area contributed by atoms with Crippen molar-refractivity contribution in [3.8, 4) is 11.3 Å². The van der Waals surface area contributed by atoms with Gasteiger partial charge in [0.25, 0.3) is 0 Å². The van der Waals surface area contributed by atoms with Gasteiger partial charge in [-0.3, -0.25) is 0 Å². The van der Waals surface area contributed by atoms with Crippen molar-refractivity contribution in [3.63, 3.8) is 0 Å². The molecular weight excluding hydrogens is 277 g/mol. The number of benzene rings is 1. The van der Waals surface area contributed by atoms with Gasteiger partial charge in [-0.1, -0.05) is 11.2 Å². The summed E-state index contributed by atoms with van der Waals surface area (Å²) in [5, 5.41) is 12.1. The smallest absolute Gasteiger partial charge is 0.374 e. The molecule has 6 nitrogen and oxygen atoms in total. The lowest BCUT2D eigenvalue weighted by molar-refractivity contribution is 0.0652. The minimum atomic E-state index is -3.65.